The van der Waals surface area contributed by atoms with Crippen molar-refractivity contribution in [2.24, 2.45) is 5.92 Å². The van der Waals surface area contributed by atoms with E-state index in [0.717, 1.165) is 0 Å². The number of nitrogens with zero attached hydrogens (tertiary/aromatic N) is 9. The molecule has 23 heteroatoms. The van der Waals surface area contributed by atoms with Crippen molar-refractivity contribution < 1.29 is 50.9 Å². The summed E-state index contributed by atoms with van der Waals surface area (Å²) in [7, 11) is -9.98. The topological polar surface area (TPSA) is 248 Å². The molecule has 3 fully saturated rings. The second kappa shape index (κ2) is 11.2. The summed E-state index contributed by atoms with van der Waals surface area (Å²) in [4.78, 5) is 46.6. The van der Waals surface area contributed by atoms with Gasteiger partial charge in [-0.1, -0.05) is 6.08 Å². The van der Waals surface area contributed by atoms with Gasteiger partial charge in [-0.3, -0.25) is 31.6 Å². The number of rotatable bonds is 3. The summed E-state index contributed by atoms with van der Waals surface area (Å²) < 4.78 is 80.2. The first-order valence-electron chi connectivity index (χ1n) is 14.0. The van der Waals surface area contributed by atoms with Crippen molar-refractivity contribution in [1.82, 2.24) is 43.4 Å². The smallest absolute Gasteiger partial charge is 0.382 e. The molecule has 248 valence electrons. The third-order valence-corrected chi connectivity index (χ3v) is 10.1. The van der Waals surface area contributed by atoms with Crippen LogP contribution in [-0.4, -0.2) is 97.0 Å². The maximum absolute atomic E-state index is 16.1. The highest BCUT2D eigenvalue weighted by Gasteiger charge is 2.54. The fourth-order valence-electron chi connectivity index (χ4n) is 6.00. The number of ether oxygens (including phenoxy) is 2. The molecule has 47 heavy (non-hydrogen) atoms. The minimum Gasteiger partial charge on any atom is -0.382 e. The van der Waals surface area contributed by atoms with Crippen LogP contribution in [0.1, 0.15) is 12.5 Å². The molecule has 8 heterocycles. The third kappa shape index (κ3) is 5.15. The van der Waals surface area contributed by atoms with Gasteiger partial charge in [-0.25, -0.2) is 43.4 Å². The van der Waals surface area contributed by atoms with E-state index in [1.165, 1.54) is 40.5 Å². The van der Waals surface area contributed by atoms with Gasteiger partial charge in [0.25, 0.3) is 0 Å². The van der Waals surface area contributed by atoms with Gasteiger partial charge in [0, 0.05) is 12.4 Å². The minimum absolute atomic E-state index is 0.105. The second-order valence-corrected chi connectivity index (χ2v) is 13.7. The van der Waals surface area contributed by atoms with E-state index in [-0.39, 0.29) is 22.6 Å². The van der Waals surface area contributed by atoms with Crippen LogP contribution in [0.5, 0.6) is 0 Å². The van der Waals surface area contributed by atoms with Gasteiger partial charge in [0.15, 0.2) is 40.7 Å². The fraction of sp³-hybridized carbons (Fsp3) is 0.417. The zero-order valence-corrected chi connectivity index (χ0v) is 25.6. The molecule has 0 aliphatic carbocycles. The number of aromatic nitrogens is 9. The van der Waals surface area contributed by atoms with Crippen LogP contribution in [0.15, 0.2) is 50.4 Å². The summed E-state index contributed by atoms with van der Waals surface area (Å²) in [5, 5.41) is 0. The maximum atomic E-state index is 16.1. The number of anilines is 1. The Kier molecular flexibility index (Phi) is 7.26. The molecule has 3 aliphatic heterocycles. The number of fused-ring (bicyclic) bond motifs is 6. The number of nitrogen functional groups attached to an aromatic ring is 1. The number of hydrogen-bond acceptors (Lipinski definition) is 15. The molecule has 20 nitrogen and oxygen atoms in total. The first-order chi connectivity index (χ1) is 22.5. The van der Waals surface area contributed by atoms with Crippen molar-refractivity contribution >= 4 is 49.4 Å². The Balaban J connectivity index is 1.09. The molecule has 0 aromatic carbocycles. The van der Waals surface area contributed by atoms with Crippen LogP contribution in [0.4, 0.5) is 10.2 Å². The zero-order valence-electron chi connectivity index (χ0n) is 23.8. The van der Waals surface area contributed by atoms with Gasteiger partial charge in [0.2, 0.25) is 0 Å². The van der Waals surface area contributed by atoms with Gasteiger partial charge < -0.3 is 25.0 Å². The molecule has 10 atom stereocenters. The van der Waals surface area contributed by atoms with Gasteiger partial charge >= 0.3 is 15.6 Å². The van der Waals surface area contributed by atoms with E-state index in [1.54, 1.807) is 16.8 Å². The van der Waals surface area contributed by atoms with Gasteiger partial charge in [-0.05, 0) is 0 Å². The van der Waals surface area contributed by atoms with E-state index in [9.17, 15) is 18.9 Å². The number of hydrogen-bond donors (Lipinski definition) is 3. The summed E-state index contributed by atoms with van der Waals surface area (Å²) in [5.41, 5.74) is 7.44. The largest absolute Gasteiger partial charge is 0.472 e. The highest BCUT2D eigenvalue weighted by molar-refractivity contribution is 7.47. The van der Waals surface area contributed by atoms with Crippen molar-refractivity contribution in [2.75, 3.05) is 18.9 Å². The van der Waals surface area contributed by atoms with Gasteiger partial charge in [-0.2, -0.15) is 0 Å². The van der Waals surface area contributed by atoms with Crippen molar-refractivity contribution in [3.63, 3.8) is 0 Å². The van der Waals surface area contributed by atoms with E-state index in [0.29, 0.717) is 11.2 Å². The molecule has 0 amide bonds. The Bertz CT molecular complexity index is 2110. The Hall–Kier alpha value is -3.75. The third-order valence-electron chi connectivity index (χ3n) is 8.13. The Morgan fingerprint density at radius 3 is 2.23 bits per heavy atom. The molecular formula is C24H25FN10O10P2. The lowest BCUT2D eigenvalue weighted by Gasteiger charge is -2.28. The van der Waals surface area contributed by atoms with Crippen molar-refractivity contribution in [3.8, 4) is 0 Å². The van der Waals surface area contributed by atoms with Crippen molar-refractivity contribution in [1.29, 1.82) is 0 Å². The fourth-order valence-corrected chi connectivity index (χ4v) is 7.94. The molecule has 3 unspecified atom stereocenters. The Morgan fingerprint density at radius 2 is 1.49 bits per heavy atom. The second-order valence-electron chi connectivity index (χ2n) is 10.9. The average molecular weight is 694 g/mol. The molecule has 4 N–H and O–H groups in total. The molecule has 8 rings (SSSR count). The quantitative estimate of drug-likeness (QED) is 0.179. The standard InChI is InChI=1S/C24H25FN10O10P2/c1-2-11-17-12(42-23(11)34-9-30-15-19(26)28-7-29-21(15)34)5-40-47(38,39)45-18-13(6-41-46(36,37)44-17)43-24(14(18)25)35-10-31-16-20-27-3-4-33(20)8-32-22(16)35/h2-4,7-14,17-18,23-24H,1,5-6H2,(H,36,37)(H,38,39)(H2,26,28,29)/t11-,12?,13-,14-,17+,18-,23-,24-/m1/s1. The summed E-state index contributed by atoms with van der Waals surface area (Å²) >= 11 is 0. The molecule has 0 bridgehead atoms. The van der Waals surface area contributed by atoms with Crippen LogP contribution in [0.3, 0.4) is 0 Å². The molecule has 0 radical (unpaired) electrons. The molecule has 0 saturated carbocycles. The van der Waals surface area contributed by atoms with Crippen LogP contribution in [0, 0.1) is 5.92 Å². The summed E-state index contributed by atoms with van der Waals surface area (Å²) in [6.45, 7) is 2.32. The molecule has 0 spiro atoms. The Morgan fingerprint density at radius 1 is 0.851 bits per heavy atom. The zero-order chi connectivity index (χ0) is 32.7. The summed E-state index contributed by atoms with van der Waals surface area (Å²) in [6, 6.07) is 0. The lowest BCUT2D eigenvalue weighted by molar-refractivity contribution is -0.0662. The molecule has 3 aliphatic rings. The van der Waals surface area contributed by atoms with E-state index in [4.69, 9.17) is 33.3 Å². The number of nitrogens with two attached hydrogens (primary N) is 1. The average Bonchev–Trinajstić information content (AvgIpc) is 3.85. The van der Waals surface area contributed by atoms with Crippen LogP contribution >= 0.6 is 15.6 Å². The van der Waals surface area contributed by atoms with E-state index in [2.05, 4.69) is 36.5 Å². The molecule has 3 saturated heterocycles. The SMILES string of the molecule is C=C[C@@H]1[C@@H]2OP(=O)(O)OC[C@H]3O[C@@H](n4cnc5c4ncn4ccnc54)[C@H](F)[C@@H]3OP(=O)(O)OCC2O[C@H]1n1cnc2c(N)ncnc21. The van der Waals surface area contributed by atoms with Crippen LogP contribution in [0.2, 0.25) is 0 Å². The van der Waals surface area contributed by atoms with Crippen molar-refractivity contribution in [2.45, 2.75) is 43.0 Å². The summed E-state index contributed by atoms with van der Waals surface area (Å²) in [5.74, 6) is -0.768. The first kappa shape index (κ1) is 30.6. The number of halogens is 1. The minimum atomic E-state index is -5.04. The predicted molar refractivity (Wildman–Crippen MR) is 154 cm³/mol. The first-order valence-corrected chi connectivity index (χ1v) is 17.0. The van der Waals surface area contributed by atoms with Gasteiger partial charge in [0.05, 0.1) is 31.8 Å². The lowest BCUT2D eigenvalue weighted by atomic mass is 10.00. The number of alkyl halides is 1. The summed E-state index contributed by atoms with van der Waals surface area (Å²) in [6.07, 6.45) is -0.594. The highest BCUT2D eigenvalue weighted by atomic mass is 31.2. The number of phosphoric acid groups is 2. The predicted octanol–water partition coefficient (Wildman–Crippen LogP) is 1.45. The van der Waals surface area contributed by atoms with E-state index < -0.39 is 77.8 Å². The monoisotopic (exact) mass is 694 g/mol. The van der Waals surface area contributed by atoms with Gasteiger partial charge in [-0.15, -0.1) is 6.58 Å². The van der Waals surface area contributed by atoms with Crippen LogP contribution < -0.4 is 5.73 Å². The van der Waals surface area contributed by atoms with Gasteiger partial charge in [0.1, 0.15) is 48.8 Å². The maximum Gasteiger partial charge on any atom is 0.472 e. The van der Waals surface area contributed by atoms with E-state index >= 15 is 4.39 Å². The number of imidazole rings is 3. The molecule has 5 aromatic rings. The van der Waals surface area contributed by atoms with Crippen LogP contribution in [-0.2, 0) is 36.7 Å². The number of phosphoric ester groups is 2. The molecule has 5 aromatic heterocycles. The van der Waals surface area contributed by atoms with Crippen molar-refractivity contribution in [3.05, 3.63) is 50.4 Å². The van der Waals surface area contributed by atoms with E-state index in [1.807, 2.05) is 0 Å². The van der Waals surface area contributed by atoms with Crippen LogP contribution in [0.25, 0.3) is 28.0 Å². The molecular weight excluding hydrogens is 669 g/mol. The normalized spacial score (nSPS) is 36.7. The Labute approximate surface area is 262 Å². The highest BCUT2D eigenvalue weighted by Crippen LogP contribution is 2.55. The lowest BCUT2D eigenvalue weighted by Crippen LogP contribution is -2.36.